The Hall–Kier alpha value is -2.64. The molecule has 1 aromatic heterocycles. The Balaban J connectivity index is 1.67. The highest BCUT2D eigenvalue weighted by Gasteiger charge is 2.24. The van der Waals surface area contributed by atoms with E-state index < -0.39 is 10.0 Å². The van der Waals surface area contributed by atoms with Gasteiger partial charge in [0.1, 0.15) is 0 Å². The maximum Gasteiger partial charge on any atom is 0.235 e. The summed E-state index contributed by atoms with van der Waals surface area (Å²) in [5.74, 6) is -0.0897. The molecule has 2 N–H and O–H groups in total. The zero-order valence-corrected chi connectivity index (χ0v) is 18.1. The second-order valence-electron chi connectivity index (χ2n) is 7.87. The van der Waals surface area contributed by atoms with Gasteiger partial charge >= 0.3 is 0 Å². The molecule has 3 aromatic rings. The van der Waals surface area contributed by atoms with Crippen molar-refractivity contribution in [2.45, 2.75) is 38.7 Å². The topological polar surface area (TPSA) is 84.1 Å². The lowest BCUT2D eigenvalue weighted by molar-refractivity contribution is 0.127. The zero-order chi connectivity index (χ0) is 21.1. The van der Waals surface area contributed by atoms with Crippen molar-refractivity contribution in [3.63, 3.8) is 0 Å². The zero-order valence-electron chi connectivity index (χ0n) is 17.3. The van der Waals surface area contributed by atoms with Crippen molar-refractivity contribution >= 4 is 15.7 Å². The molecule has 6 nitrogen and oxygen atoms in total. The van der Waals surface area contributed by atoms with Gasteiger partial charge in [-0.05, 0) is 61.1 Å². The number of aromatic amines is 1. The van der Waals surface area contributed by atoms with Crippen molar-refractivity contribution in [2.75, 3.05) is 17.1 Å². The van der Waals surface area contributed by atoms with Crippen molar-refractivity contribution in [3.05, 3.63) is 82.9 Å². The second kappa shape index (κ2) is 8.62. The van der Waals surface area contributed by atoms with Crippen LogP contribution in [0.2, 0.25) is 0 Å². The first kappa shape index (κ1) is 20.6. The molecule has 0 radical (unpaired) electrons. The molecule has 0 aliphatic carbocycles. The van der Waals surface area contributed by atoms with Gasteiger partial charge in [0.15, 0.2) is 0 Å². The highest BCUT2D eigenvalue weighted by atomic mass is 32.2. The minimum atomic E-state index is -3.49. The first-order valence-corrected chi connectivity index (χ1v) is 11.8. The van der Waals surface area contributed by atoms with Gasteiger partial charge in [0, 0.05) is 24.2 Å². The quantitative estimate of drug-likeness (QED) is 0.596. The van der Waals surface area contributed by atoms with E-state index in [1.807, 2.05) is 24.4 Å². The van der Waals surface area contributed by atoms with Crippen LogP contribution in [-0.2, 0) is 14.8 Å². The number of anilines is 1. The van der Waals surface area contributed by atoms with Crippen LogP contribution in [-0.4, -0.2) is 36.8 Å². The van der Waals surface area contributed by atoms with Gasteiger partial charge < -0.3 is 9.72 Å². The molecule has 2 heterocycles. The van der Waals surface area contributed by atoms with Crippen LogP contribution in [0.1, 0.15) is 46.7 Å². The van der Waals surface area contributed by atoms with E-state index in [1.54, 1.807) is 12.4 Å². The summed E-state index contributed by atoms with van der Waals surface area (Å²) in [6.45, 7) is 4.85. The molecule has 158 valence electrons. The number of nitrogens with one attached hydrogen (secondary N) is 2. The number of hydrogen-bond donors (Lipinski definition) is 2. The molecule has 0 spiro atoms. The fourth-order valence-corrected chi connectivity index (χ4v) is 5.38. The highest BCUT2D eigenvalue weighted by Crippen LogP contribution is 2.34. The van der Waals surface area contributed by atoms with Gasteiger partial charge in [-0.1, -0.05) is 30.3 Å². The summed E-state index contributed by atoms with van der Waals surface area (Å²) in [4.78, 5) is 7.43. The molecule has 0 bridgehead atoms. The number of aromatic nitrogens is 2. The summed E-state index contributed by atoms with van der Waals surface area (Å²) in [5, 5.41) is 0. The standard InChI is InChI=1S/C23H27N3O3S/c1-16-6-3-10-21(17(16)2)23(22-13-24-15-25-22)18-7-4-8-19(12-18)26-30(27,28)14-20-9-5-11-29-20/h3-4,6-8,10,12-13,15,20,23,26H,5,9,11,14H2,1-2H3,(H,24,25)/t20-,23?/m0/s1. The van der Waals surface area contributed by atoms with E-state index in [0.717, 1.165) is 24.1 Å². The average molecular weight is 426 g/mol. The van der Waals surface area contributed by atoms with Gasteiger partial charge in [-0.3, -0.25) is 4.72 Å². The molecule has 30 heavy (non-hydrogen) atoms. The predicted molar refractivity (Wildman–Crippen MR) is 118 cm³/mol. The molecule has 0 saturated carbocycles. The normalized spacial score (nSPS) is 17.7. The van der Waals surface area contributed by atoms with Crippen molar-refractivity contribution in [1.82, 2.24) is 9.97 Å². The molecule has 1 aliphatic heterocycles. The van der Waals surface area contributed by atoms with Gasteiger partial charge in [0.2, 0.25) is 10.0 Å². The summed E-state index contributed by atoms with van der Waals surface area (Å²) in [6, 6.07) is 13.8. The fourth-order valence-electron chi connectivity index (χ4n) is 4.06. The van der Waals surface area contributed by atoms with E-state index in [0.29, 0.717) is 12.3 Å². The number of imidazole rings is 1. The van der Waals surface area contributed by atoms with E-state index in [4.69, 9.17) is 4.74 Å². The first-order valence-electron chi connectivity index (χ1n) is 10.2. The lowest BCUT2D eigenvalue weighted by Crippen LogP contribution is -2.25. The van der Waals surface area contributed by atoms with Gasteiger partial charge in [0.05, 0.1) is 24.1 Å². The molecule has 7 heteroatoms. The molecule has 1 aliphatic rings. The lowest BCUT2D eigenvalue weighted by Gasteiger charge is -2.21. The Morgan fingerprint density at radius 1 is 1.23 bits per heavy atom. The van der Waals surface area contributed by atoms with Crippen molar-refractivity contribution in [1.29, 1.82) is 0 Å². The lowest BCUT2D eigenvalue weighted by atomic mass is 9.85. The van der Waals surface area contributed by atoms with Crippen LogP contribution in [0.3, 0.4) is 0 Å². The summed E-state index contributed by atoms with van der Waals surface area (Å²) in [5.41, 5.74) is 6.10. The third-order valence-electron chi connectivity index (χ3n) is 5.71. The highest BCUT2D eigenvalue weighted by molar-refractivity contribution is 7.92. The SMILES string of the molecule is Cc1cccc(C(c2cccc(NS(=O)(=O)C[C@@H]3CCCO3)c2)c2cnc[nH]2)c1C. The van der Waals surface area contributed by atoms with E-state index in [-0.39, 0.29) is 17.8 Å². The number of sulfonamides is 1. The average Bonchev–Trinajstić information content (AvgIpc) is 3.39. The van der Waals surface area contributed by atoms with Gasteiger partial charge in [-0.25, -0.2) is 13.4 Å². The van der Waals surface area contributed by atoms with Gasteiger partial charge in [0.25, 0.3) is 0 Å². The molecule has 1 saturated heterocycles. The number of H-pyrrole nitrogens is 1. The molecule has 4 rings (SSSR count). The maximum absolute atomic E-state index is 12.6. The van der Waals surface area contributed by atoms with Crippen molar-refractivity contribution in [2.24, 2.45) is 0 Å². The summed E-state index contributed by atoms with van der Waals surface area (Å²) < 4.78 is 33.5. The van der Waals surface area contributed by atoms with Crippen LogP contribution in [0, 0.1) is 13.8 Å². The Morgan fingerprint density at radius 3 is 2.80 bits per heavy atom. The van der Waals surface area contributed by atoms with E-state index in [9.17, 15) is 8.42 Å². The minimum absolute atomic E-state index is 0.0157. The first-order chi connectivity index (χ1) is 14.4. The van der Waals surface area contributed by atoms with Crippen LogP contribution >= 0.6 is 0 Å². The molecular weight excluding hydrogens is 398 g/mol. The number of hydrogen-bond acceptors (Lipinski definition) is 4. The predicted octanol–water partition coefficient (Wildman–Crippen LogP) is 4.13. The van der Waals surface area contributed by atoms with Crippen molar-refractivity contribution in [3.8, 4) is 0 Å². The monoisotopic (exact) mass is 425 g/mol. The van der Waals surface area contributed by atoms with Crippen molar-refractivity contribution < 1.29 is 13.2 Å². The summed E-state index contributed by atoms with van der Waals surface area (Å²) in [7, 11) is -3.49. The minimum Gasteiger partial charge on any atom is -0.377 e. The van der Waals surface area contributed by atoms with E-state index in [1.165, 1.54) is 16.7 Å². The number of aryl methyl sites for hydroxylation is 1. The number of ether oxygens (including phenoxy) is 1. The summed E-state index contributed by atoms with van der Waals surface area (Å²) in [6.07, 6.45) is 4.97. The fraction of sp³-hybridized carbons (Fsp3) is 0.348. The Labute approximate surface area is 177 Å². The molecule has 2 aromatic carbocycles. The van der Waals surface area contributed by atoms with Gasteiger partial charge in [-0.2, -0.15) is 0 Å². The second-order valence-corrected chi connectivity index (χ2v) is 9.64. The van der Waals surface area contributed by atoms with Gasteiger partial charge in [-0.15, -0.1) is 0 Å². The van der Waals surface area contributed by atoms with Crippen LogP contribution in [0.5, 0.6) is 0 Å². The molecule has 0 amide bonds. The van der Waals surface area contributed by atoms with E-state index in [2.05, 4.69) is 46.7 Å². The van der Waals surface area contributed by atoms with Crippen LogP contribution in [0.4, 0.5) is 5.69 Å². The van der Waals surface area contributed by atoms with Crippen LogP contribution < -0.4 is 4.72 Å². The third-order valence-corrected chi connectivity index (χ3v) is 7.07. The molecule has 2 atom stereocenters. The Kier molecular flexibility index (Phi) is 5.92. The molecule has 1 unspecified atom stereocenters. The number of benzene rings is 2. The molecule has 1 fully saturated rings. The largest absolute Gasteiger partial charge is 0.377 e. The third kappa shape index (κ3) is 4.57. The molecular formula is C23H27N3O3S. The Bertz CT molecular complexity index is 1100. The number of nitrogens with zero attached hydrogens (tertiary/aromatic N) is 1. The number of rotatable bonds is 7. The Morgan fingerprint density at radius 2 is 2.07 bits per heavy atom. The van der Waals surface area contributed by atoms with Crippen LogP contribution in [0.15, 0.2) is 55.0 Å². The smallest absolute Gasteiger partial charge is 0.235 e. The summed E-state index contributed by atoms with van der Waals surface area (Å²) >= 11 is 0. The maximum atomic E-state index is 12.6. The van der Waals surface area contributed by atoms with E-state index >= 15 is 0 Å². The van der Waals surface area contributed by atoms with Crippen LogP contribution in [0.25, 0.3) is 0 Å².